The van der Waals surface area contributed by atoms with E-state index in [1.54, 1.807) is 17.2 Å². The minimum atomic E-state index is -4.57. The Kier molecular flexibility index (Phi) is 4.32. The van der Waals surface area contributed by atoms with Crippen LogP contribution in [-0.2, 0) is 6.18 Å². The van der Waals surface area contributed by atoms with Gasteiger partial charge < -0.3 is 9.80 Å². The Bertz CT molecular complexity index is 759. The molecule has 126 valence electrons. The fourth-order valence-electron chi connectivity index (χ4n) is 2.70. The number of rotatable bonds is 2. The Morgan fingerprint density at radius 1 is 1.21 bits per heavy atom. The molecule has 1 fully saturated rings. The maximum atomic E-state index is 13.2. The number of piperazine rings is 1. The lowest BCUT2D eigenvalue weighted by molar-refractivity contribution is -0.137. The first-order chi connectivity index (χ1) is 11.4. The highest BCUT2D eigenvalue weighted by Crippen LogP contribution is 2.36. The van der Waals surface area contributed by atoms with Crippen LogP contribution in [0.25, 0.3) is 0 Å². The number of thiazole rings is 1. The zero-order valence-electron chi connectivity index (χ0n) is 12.8. The Morgan fingerprint density at radius 3 is 2.42 bits per heavy atom. The molecule has 0 unspecified atom stereocenters. The fraction of sp³-hybridized carbons (Fsp3) is 0.400. The van der Waals surface area contributed by atoms with Gasteiger partial charge in [-0.25, -0.2) is 9.97 Å². The zero-order chi connectivity index (χ0) is 17.3. The van der Waals surface area contributed by atoms with Crippen molar-refractivity contribution in [2.24, 2.45) is 0 Å². The molecule has 3 rings (SSSR count). The number of halogens is 3. The summed E-state index contributed by atoms with van der Waals surface area (Å²) in [5.74, 6) is 0.114. The number of nitriles is 1. The maximum absolute atomic E-state index is 13.2. The number of anilines is 2. The third kappa shape index (κ3) is 3.14. The third-order valence-corrected chi connectivity index (χ3v) is 4.65. The number of hydrogen-bond acceptors (Lipinski definition) is 6. The van der Waals surface area contributed by atoms with Gasteiger partial charge in [0, 0.05) is 43.4 Å². The first-order valence-electron chi connectivity index (χ1n) is 7.28. The second kappa shape index (κ2) is 6.28. The van der Waals surface area contributed by atoms with Gasteiger partial charge in [0.25, 0.3) is 0 Å². The standard InChI is InChI=1S/C15H14F3N5S/c1-10-8-12(15(16,17)18)11(9-19)13(21-10)22-3-5-23(6-4-22)14-20-2-7-24-14/h2,7-8H,3-6H2,1H3. The second-order valence-corrected chi connectivity index (χ2v) is 6.28. The van der Waals surface area contributed by atoms with Gasteiger partial charge in [-0.3, -0.25) is 0 Å². The fourth-order valence-corrected chi connectivity index (χ4v) is 3.40. The van der Waals surface area contributed by atoms with Crippen molar-refractivity contribution in [3.63, 3.8) is 0 Å². The summed E-state index contributed by atoms with van der Waals surface area (Å²) in [6.07, 6.45) is -2.85. The molecule has 0 saturated carbocycles. The zero-order valence-corrected chi connectivity index (χ0v) is 13.7. The van der Waals surface area contributed by atoms with Gasteiger partial charge in [0.05, 0.1) is 5.56 Å². The first-order valence-corrected chi connectivity index (χ1v) is 8.16. The summed E-state index contributed by atoms with van der Waals surface area (Å²) in [4.78, 5) is 12.3. The minimum Gasteiger partial charge on any atom is -0.352 e. The molecule has 0 N–H and O–H groups in total. The van der Waals surface area contributed by atoms with Crippen molar-refractivity contribution < 1.29 is 13.2 Å². The van der Waals surface area contributed by atoms with Crippen molar-refractivity contribution in [1.29, 1.82) is 5.26 Å². The number of alkyl halides is 3. The minimum absolute atomic E-state index is 0.114. The molecule has 3 heterocycles. The van der Waals surface area contributed by atoms with Crippen molar-refractivity contribution in [3.05, 3.63) is 34.5 Å². The highest BCUT2D eigenvalue weighted by Gasteiger charge is 2.36. The van der Waals surface area contributed by atoms with Crippen LogP contribution in [-0.4, -0.2) is 36.1 Å². The van der Waals surface area contributed by atoms with Gasteiger partial charge in [-0.05, 0) is 13.0 Å². The van der Waals surface area contributed by atoms with Gasteiger partial charge >= 0.3 is 6.18 Å². The summed E-state index contributed by atoms with van der Waals surface area (Å²) < 4.78 is 39.6. The number of nitrogens with zero attached hydrogens (tertiary/aromatic N) is 5. The number of aromatic nitrogens is 2. The SMILES string of the molecule is Cc1cc(C(F)(F)F)c(C#N)c(N2CCN(c3nccs3)CC2)n1. The van der Waals surface area contributed by atoms with Crippen LogP contribution in [0.3, 0.4) is 0 Å². The van der Waals surface area contributed by atoms with Gasteiger partial charge in [0.1, 0.15) is 17.5 Å². The van der Waals surface area contributed by atoms with Gasteiger partial charge in [0.15, 0.2) is 5.13 Å². The average Bonchev–Trinajstić information content (AvgIpc) is 3.08. The molecule has 5 nitrogen and oxygen atoms in total. The van der Waals surface area contributed by atoms with E-state index in [-0.39, 0.29) is 11.5 Å². The van der Waals surface area contributed by atoms with Crippen LogP contribution in [0.15, 0.2) is 17.6 Å². The lowest BCUT2D eigenvalue weighted by Gasteiger charge is -2.36. The molecule has 0 aliphatic carbocycles. The van der Waals surface area contributed by atoms with E-state index in [0.717, 1.165) is 11.2 Å². The quantitative estimate of drug-likeness (QED) is 0.831. The number of pyridine rings is 1. The molecule has 1 aliphatic rings. The summed E-state index contributed by atoms with van der Waals surface area (Å²) in [7, 11) is 0. The van der Waals surface area contributed by atoms with Gasteiger partial charge in [0.2, 0.25) is 0 Å². The number of hydrogen-bond donors (Lipinski definition) is 0. The molecule has 0 amide bonds. The highest BCUT2D eigenvalue weighted by molar-refractivity contribution is 7.13. The van der Waals surface area contributed by atoms with E-state index in [4.69, 9.17) is 0 Å². The molecular formula is C15H14F3N5S. The van der Waals surface area contributed by atoms with E-state index in [0.29, 0.717) is 26.2 Å². The second-order valence-electron chi connectivity index (χ2n) is 5.41. The molecule has 0 atom stereocenters. The van der Waals surface area contributed by atoms with E-state index in [2.05, 4.69) is 14.9 Å². The van der Waals surface area contributed by atoms with E-state index in [1.807, 2.05) is 5.38 Å². The molecule has 0 spiro atoms. The molecule has 9 heteroatoms. The molecule has 0 bridgehead atoms. The summed E-state index contributed by atoms with van der Waals surface area (Å²) in [6.45, 7) is 3.72. The van der Waals surface area contributed by atoms with E-state index in [1.165, 1.54) is 18.3 Å². The van der Waals surface area contributed by atoms with Crippen molar-refractivity contribution in [2.45, 2.75) is 13.1 Å². The molecule has 0 aromatic carbocycles. The monoisotopic (exact) mass is 353 g/mol. The van der Waals surface area contributed by atoms with E-state index >= 15 is 0 Å². The lowest BCUT2D eigenvalue weighted by Crippen LogP contribution is -2.47. The van der Waals surface area contributed by atoms with Crippen LogP contribution in [0.5, 0.6) is 0 Å². The molecule has 2 aromatic heterocycles. The first kappa shape index (κ1) is 16.5. The lowest BCUT2D eigenvalue weighted by atomic mass is 10.1. The molecular weight excluding hydrogens is 339 g/mol. The van der Waals surface area contributed by atoms with Gasteiger partial charge in [-0.1, -0.05) is 0 Å². The van der Waals surface area contributed by atoms with Crippen LogP contribution in [0.4, 0.5) is 24.1 Å². The third-order valence-electron chi connectivity index (χ3n) is 3.81. The van der Waals surface area contributed by atoms with Gasteiger partial charge in [-0.15, -0.1) is 11.3 Å². The highest BCUT2D eigenvalue weighted by atomic mass is 32.1. The summed E-state index contributed by atoms with van der Waals surface area (Å²) in [5.41, 5.74) is -1.08. The molecule has 2 aromatic rings. The summed E-state index contributed by atoms with van der Waals surface area (Å²) in [6, 6.07) is 2.61. The summed E-state index contributed by atoms with van der Waals surface area (Å²) in [5, 5.41) is 12.0. The molecule has 24 heavy (non-hydrogen) atoms. The normalized spacial score (nSPS) is 15.5. The largest absolute Gasteiger partial charge is 0.417 e. The smallest absolute Gasteiger partial charge is 0.352 e. The maximum Gasteiger partial charge on any atom is 0.417 e. The summed E-state index contributed by atoms with van der Waals surface area (Å²) >= 11 is 1.52. The van der Waals surface area contributed by atoms with Crippen molar-refractivity contribution >= 4 is 22.3 Å². The average molecular weight is 353 g/mol. The topological polar surface area (TPSA) is 56.1 Å². The Labute approximate surface area is 141 Å². The van der Waals surface area contributed by atoms with Crippen LogP contribution in [0, 0.1) is 18.3 Å². The van der Waals surface area contributed by atoms with Crippen molar-refractivity contribution in [2.75, 3.05) is 36.0 Å². The van der Waals surface area contributed by atoms with Crippen molar-refractivity contribution in [1.82, 2.24) is 9.97 Å². The van der Waals surface area contributed by atoms with E-state index < -0.39 is 17.3 Å². The van der Waals surface area contributed by atoms with Crippen molar-refractivity contribution in [3.8, 4) is 6.07 Å². The molecule has 0 radical (unpaired) electrons. The predicted octanol–water partition coefficient (Wildman–Crippen LogP) is 3.06. The van der Waals surface area contributed by atoms with Crippen LogP contribution in [0.2, 0.25) is 0 Å². The predicted molar refractivity (Wildman–Crippen MR) is 85.2 cm³/mol. The Morgan fingerprint density at radius 2 is 1.88 bits per heavy atom. The Balaban J connectivity index is 1.88. The van der Waals surface area contributed by atoms with Crippen LogP contribution >= 0.6 is 11.3 Å². The number of aryl methyl sites for hydroxylation is 1. The molecule has 1 saturated heterocycles. The Hall–Kier alpha value is -2.34. The van der Waals surface area contributed by atoms with Gasteiger partial charge in [-0.2, -0.15) is 18.4 Å². The van der Waals surface area contributed by atoms with Crippen LogP contribution in [0.1, 0.15) is 16.8 Å². The van der Waals surface area contributed by atoms with Crippen LogP contribution < -0.4 is 9.80 Å². The molecule has 1 aliphatic heterocycles. The van der Waals surface area contributed by atoms with E-state index in [9.17, 15) is 18.4 Å².